The van der Waals surface area contributed by atoms with Crippen molar-refractivity contribution >= 4 is 46.6 Å². The minimum Gasteiger partial charge on any atom is -0.503 e. The van der Waals surface area contributed by atoms with Crippen LogP contribution in [0.25, 0.3) is 5.78 Å². The fraction of sp³-hybridized carbons (Fsp3) is 0.469. The smallest absolute Gasteiger partial charge is 0.416 e. The number of piperidine rings is 1. The Morgan fingerprint density at radius 3 is 2.48 bits per heavy atom. The zero-order valence-corrected chi connectivity index (χ0v) is 28.2. The summed E-state index contributed by atoms with van der Waals surface area (Å²) in [7, 11) is 3.44. The zero-order valence-electron chi connectivity index (χ0n) is 27.5. The molecule has 2 fully saturated rings. The quantitative estimate of drug-likeness (QED) is 0.303. The monoisotopic (exact) mass is 714 g/mol. The lowest BCUT2D eigenvalue weighted by molar-refractivity contribution is -0.137. The van der Waals surface area contributed by atoms with Crippen molar-refractivity contribution in [3.8, 4) is 5.75 Å². The first-order valence-corrected chi connectivity index (χ1v) is 16.5. The SMILES string of the molecule is CC1CC2(CCN(C(=O)c3ncnc(N4CCC4)c3O)CC2)c2c1n(CC(=O)Nc1ccc(C(F)(F)F)cc1Cl)c1nc(N(C)C)nn1c2=O. The van der Waals surface area contributed by atoms with Gasteiger partial charge in [0, 0.05) is 56.9 Å². The number of aromatic nitrogens is 6. The Labute approximate surface area is 288 Å². The van der Waals surface area contributed by atoms with Gasteiger partial charge in [-0.15, -0.1) is 5.10 Å². The van der Waals surface area contributed by atoms with Crippen LogP contribution in [-0.2, 0) is 22.9 Å². The summed E-state index contributed by atoms with van der Waals surface area (Å²) in [5.74, 6) is -0.746. The Balaban J connectivity index is 1.20. The second kappa shape index (κ2) is 12.1. The number of likely N-dealkylation sites (tertiary alicyclic amines) is 1. The van der Waals surface area contributed by atoms with Crippen molar-refractivity contribution in [2.24, 2.45) is 0 Å². The normalized spacial score (nSPS) is 18.3. The number of nitrogens with one attached hydrogen (secondary N) is 1. The molecule has 1 spiro atoms. The van der Waals surface area contributed by atoms with Gasteiger partial charge in [-0.1, -0.05) is 18.5 Å². The maximum atomic E-state index is 14.3. The molecule has 2 N–H and O–H groups in total. The summed E-state index contributed by atoms with van der Waals surface area (Å²) >= 11 is 6.12. The third-order valence-corrected chi connectivity index (χ3v) is 10.2. The van der Waals surface area contributed by atoms with Gasteiger partial charge in [-0.05, 0) is 49.8 Å². The van der Waals surface area contributed by atoms with Gasteiger partial charge in [-0.3, -0.25) is 14.4 Å². The van der Waals surface area contributed by atoms with Gasteiger partial charge in [0.05, 0.1) is 16.3 Å². The van der Waals surface area contributed by atoms with Crippen molar-refractivity contribution in [3.05, 3.63) is 62.4 Å². The van der Waals surface area contributed by atoms with Gasteiger partial charge >= 0.3 is 6.18 Å². The molecule has 264 valence electrons. The lowest BCUT2D eigenvalue weighted by atomic mass is 9.73. The maximum Gasteiger partial charge on any atom is 0.416 e. The minimum atomic E-state index is -4.60. The van der Waals surface area contributed by atoms with Crippen molar-refractivity contribution in [1.82, 2.24) is 34.0 Å². The number of hydrogen-bond acceptors (Lipinski definition) is 10. The molecule has 0 radical (unpaired) electrons. The maximum absolute atomic E-state index is 14.3. The molecule has 3 aliphatic rings. The summed E-state index contributed by atoms with van der Waals surface area (Å²) in [4.78, 5) is 59.3. The first-order valence-electron chi connectivity index (χ1n) is 16.1. The number of aromatic hydroxyl groups is 1. The molecule has 1 aromatic carbocycles. The number of hydrogen-bond donors (Lipinski definition) is 2. The van der Waals surface area contributed by atoms with E-state index in [0.717, 1.165) is 37.7 Å². The van der Waals surface area contributed by atoms with E-state index in [1.54, 1.807) is 28.5 Å². The number of halogens is 4. The topological polar surface area (TPSA) is 154 Å². The molecule has 14 nitrogen and oxygen atoms in total. The Morgan fingerprint density at radius 2 is 1.86 bits per heavy atom. The van der Waals surface area contributed by atoms with Crippen LogP contribution >= 0.6 is 11.6 Å². The molecule has 5 heterocycles. The van der Waals surface area contributed by atoms with Crippen LogP contribution in [0.15, 0.2) is 29.3 Å². The molecular formula is C32H34ClF3N10O4. The first kappa shape index (κ1) is 33.6. The van der Waals surface area contributed by atoms with Gasteiger partial charge in [0.2, 0.25) is 17.6 Å². The van der Waals surface area contributed by atoms with Gasteiger partial charge in [0.15, 0.2) is 17.3 Å². The number of rotatable bonds is 6. The molecule has 50 heavy (non-hydrogen) atoms. The van der Waals surface area contributed by atoms with Crippen LogP contribution in [0.1, 0.15) is 65.8 Å². The van der Waals surface area contributed by atoms with E-state index in [1.165, 1.54) is 10.8 Å². The average Bonchev–Trinajstić information content (AvgIpc) is 3.60. The Hall–Kier alpha value is -4.93. The van der Waals surface area contributed by atoms with Crippen molar-refractivity contribution in [3.63, 3.8) is 0 Å². The summed E-state index contributed by atoms with van der Waals surface area (Å²) in [5.41, 5.74) is -0.924. The zero-order chi connectivity index (χ0) is 35.7. The van der Waals surface area contributed by atoms with E-state index < -0.39 is 29.0 Å². The van der Waals surface area contributed by atoms with Crippen molar-refractivity contribution in [2.75, 3.05) is 55.4 Å². The number of anilines is 3. The van der Waals surface area contributed by atoms with Gasteiger partial charge in [0.25, 0.3) is 11.5 Å². The highest BCUT2D eigenvalue weighted by atomic mass is 35.5. The number of nitrogens with zero attached hydrogens (tertiary/aromatic N) is 9. The summed E-state index contributed by atoms with van der Waals surface area (Å²) < 4.78 is 42.4. The van der Waals surface area contributed by atoms with E-state index in [-0.39, 0.29) is 65.0 Å². The average molecular weight is 715 g/mol. The lowest BCUT2D eigenvalue weighted by Crippen LogP contribution is -2.47. The van der Waals surface area contributed by atoms with Crippen LogP contribution in [0, 0.1) is 0 Å². The standard InChI is InChI=1S/C32H34ClF3N10O4/c1-17-14-31(7-11-44(12-8-31)28(50)23-25(48)26(38-16-37-23)43-9-4-10-43)22-24(17)45(30-40-29(42(2)3)41-46(30)27(22)49)15-21(47)39-20-6-5-18(13-19(20)33)32(34,35)36/h5-6,13,16-17,48H,4,7-12,14-15H2,1-3H3,(H,39,47). The third-order valence-electron chi connectivity index (χ3n) is 9.91. The fourth-order valence-electron chi connectivity index (χ4n) is 7.36. The van der Waals surface area contributed by atoms with E-state index in [4.69, 9.17) is 11.6 Å². The van der Waals surface area contributed by atoms with Gasteiger partial charge in [0.1, 0.15) is 12.9 Å². The highest BCUT2D eigenvalue weighted by Gasteiger charge is 2.49. The summed E-state index contributed by atoms with van der Waals surface area (Å²) in [6.07, 6.45) is -0.919. The molecule has 1 unspecified atom stereocenters. The van der Waals surface area contributed by atoms with Crippen LogP contribution in [0.2, 0.25) is 5.02 Å². The number of fused-ring (bicyclic) bond motifs is 3. The molecule has 2 saturated heterocycles. The summed E-state index contributed by atoms with van der Waals surface area (Å²) in [6, 6.07) is 2.67. The molecule has 3 aromatic heterocycles. The van der Waals surface area contributed by atoms with E-state index >= 15 is 0 Å². The summed E-state index contributed by atoms with van der Waals surface area (Å²) in [6.45, 7) is 3.68. The van der Waals surface area contributed by atoms with Crippen LogP contribution < -0.4 is 20.7 Å². The van der Waals surface area contributed by atoms with Crippen LogP contribution in [0.5, 0.6) is 5.75 Å². The number of benzene rings is 1. The molecular weight excluding hydrogens is 681 g/mol. The number of amides is 2. The molecule has 0 bridgehead atoms. The molecule has 1 aliphatic carbocycles. The van der Waals surface area contributed by atoms with E-state index in [2.05, 4.69) is 25.4 Å². The Kier molecular flexibility index (Phi) is 8.15. The predicted octanol–water partition coefficient (Wildman–Crippen LogP) is 3.65. The van der Waals surface area contributed by atoms with Crippen LogP contribution in [-0.4, -0.2) is 91.2 Å². The van der Waals surface area contributed by atoms with Crippen LogP contribution in [0.3, 0.4) is 0 Å². The molecule has 4 aromatic rings. The first-order chi connectivity index (χ1) is 23.7. The second-order valence-corrected chi connectivity index (χ2v) is 13.7. The fourth-order valence-corrected chi connectivity index (χ4v) is 7.58. The van der Waals surface area contributed by atoms with Gasteiger partial charge in [-0.25, -0.2) is 9.97 Å². The van der Waals surface area contributed by atoms with E-state index in [9.17, 15) is 32.7 Å². The number of carbonyl (C=O) groups is 2. The largest absolute Gasteiger partial charge is 0.503 e. The van der Waals surface area contributed by atoms with Crippen molar-refractivity contribution < 1.29 is 27.9 Å². The summed E-state index contributed by atoms with van der Waals surface area (Å²) in [5, 5.41) is 17.6. The molecule has 7 rings (SSSR count). The van der Waals surface area contributed by atoms with Crippen molar-refractivity contribution in [1.29, 1.82) is 0 Å². The van der Waals surface area contributed by atoms with E-state index in [0.29, 0.717) is 36.3 Å². The Morgan fingerprint density at radius 1 is 1.14 bits per heavy atom. The minimum absolute atomic E-state index is 0.00195. The molecule has 0 saturated carbocycles. The third kappa shape index (κ3) is 5.56. The highest BCUT2D eigenvalue weighted by Crippen LogP contribution is 2.50. The molecule has 1 atom stereocenters. The molecule has 18 heteroatoms. The Bertz CT molecular complexity index is 2090. The predicted molar refractivity (Wildman–Crippen MR) is 177 cm³/mol. The van der Waals surface area contributed by atoms with Crippen molar-refractivity contribution in [2.45, 2.75) is 56.7 Å². The van der Waals surface area contributed by atoms with Gasteiger partial charge < -0.3 is 29.7 Å². The lowest BCUT2D eigenvalue weighted by Gasteiger charge is -2.39. The van der Waals surface area contributed by atoms with E-state index in [1.807, 2.05) is 11.8 Å². The number of alkyl halides is 3. The molecule has 2 aliphatic heterocycles. The second-order valence-electron chi connectivity index (χ2n) is 13.3. The van der Waals surface area contributed by atoms with Gasteiger partial charge in [-0.2, -0.15) is 22.7 Å². The number of carbonyl (C=O) groups excluding carboxylic acids is 2. The highest BCUT2D eigenvalue weighted by molar-refractivity contribution is 6.33. The molecule has 2 amide bonds. The van der Waals surface area contributed by atoms with Crippen LogP contribution in [0.4, 0.5) is 30.6 Å².